The summed E-state index contributed by atoms with van der Waals surface area (Å²) < 4.78 is 0. The van der Waals surface area contributed by atoms with E-state index in [0.29, 0.717) is 0 Å². The molecular formula is C16H16S2. The predicted octanol–water partition coefficient (Wildman–Crippen LogP) is 4.15. The Bertz CT molecular complexity index is 534. The zero-order valence-electron chi connectivity index (χ0n) is 10.2. The fourth-order valence-corrected chi connectivity index (χ4v) is 3.22. The van der Waals surface area contributed by atoms with Crippen molar-refractivity contribution in [2.45, 2.75) is 35.5 Å². The van der Waals surface area contributed by atoms with Crippen LogP contribution in [0.15, 0.2) is 46.2 Å². The molecular weight excluding hydrogens is 256 g/mol. The van der Waals surface area contributed by atoms with Gasteiger partial charge in [-0.1, -0.05) is 24.3 Å². The number of thiol groups is 2. The van der Waals surface area contributed by atoms with E-state index in [1.165, 1.54) is 22.3 Å². The summed E-state index contributed by atoms with van der Waals surface area (Å²) in [6.45, 7) is 0. The van der Waals surface area contributed by atoms with E-state index in [4.69, 9.17) is 0 Å². The molecule has 0 aliphatic heterocycles. The van der Waals surface area contributed by atoms with Gasteiger partial charge in [-0.2, -0.15) is 0 Å². The average molecular weight is 272 g/mol. The van der Waals surface area contributed by atoms with Gasteiger partial charge in [-0.25, -0.2) is 0 Å². The maximum absolute atomic E-state index is 4.61. The lowest BCUT2D eigenvalue weighted by molar-refractivity contribution is 0.882. The van der Waals surface area contributed by atoms with Gasteiger partial charge < -0.3 is 0 Å². The van der Waals surface area contributed by atoms with Gasteiger partial charge in [0.2, 0.25) is 0 Å². The van der Waals surface area contributed by atoms with E-state index in [1.807, 2.05) is 0 Å². The third-order valence-electron chi connectivity index (χ3n) is 3.67. The van der Waals surface area contributed by atoms with Crippen LogP contribution in [0.5, 0.6) is 0 Å². The maximum Gasteiger partial charge on any atom is 0.00748 e. The minimum absolute atomic E-state index is 1.03. The van der Waals surface area contributed by atoms with E-state index in [-0.39, 0.29) is 0 Å². The van der Waals surface area contributed by atoms with Gasteiger partial charge in [0, 0.05) is 9.79 Å². The fraction of sp³-hybridized carbons (Fsp3) is 0.250. The van der Waals surface area contributed by atoms with Gasteiger partial charge in [0.15, 0.2) is 0 Å². The third kappa shape index (κ3) is 2.45. The first-order valence-electron chi connectivity index (χ1n) is 6.34. The summed E-state index contributed by atoms with van der Waals surface area (Å²) in [5.74, 6) is 0. The molecule has 0 fully saturated rings. The molecule has 2 heteroatoms. The smallest absolute Gasteiger partial charge is 0.00748 e. The van der Waals surface area contributed by atoms with Crippen molar-refractivity contribution in [3.05, 3.63) is 58.7 Å². The molecule has 4 bridgehead atoms. The zero-order valence-corrected chi connectivity index (χ0v) is 12.0. The Morgan fingerprint density at radius 3 is 1.44 bits per heavy atom. The normalized spacial score (nSPS) is 14.3. The van der Waals surface area contributed by atoms with Crippen LogP contribution in [-0.2, 0) is 25.7 Å². The summed E-state index contributed by atoms with van der Waals surface area (Å²) in [6, 6.07) is 13.4. The van der Waals surface area contributed by atoms with E-state index in [9.17, 15) is 0 Å². The summed E-state index contributed by atoms with van der Waals surface area (Å²) >= 11 is 9.21. The largest absolute Gasteiger partial charge is 0.143 e. The van der Waals surface area contributed by atoms with E-state index in [1.54, 1.807) is 0 Å². The van der Waals surface area contributed by atoms with Crippen LogP contribution >= 0.6 is 25.3 Å². The number of hydrogen-bond acceptors (Lipinski definition) is 2. The topological polar surface area (TPSA) is 0 Å². The number of aryl methyl sites for hydroxylation is 4. The van der Waals surface area contributed by atoms with Crippen molar-refractivity contribution in [2.24, 2.45) is 0 Å². The lowest BCUT2D eigenvalue weighted by Gasteiger charge is -2.13. The van der Waals surface area contributed by atoms with Crippen molar-refractivity contribution < 1.29 is 0 Å². The standard InChI is InChI=1S/C16H16S2/c17-15-9-11-1-2-12-4-6-14(16(18)10-12)8-7-13(15)5-3-11/h3-6,9-10,17-18H,1-2,7-8H2. The number of hydrogen-bond donors (Lipinski definition) is 2. The molecule has 2 aromatic carbocycles. The number of rotatable bonds is 0. The molecule has 0 aromatic heterocycles. The van der Waals surface area contributed by atoms with Crippen LogP contribution in [0, 0.1) is 0 Å². The van der Waals surface area contributed by atoms with Crippen molar-refractivity contribution in [2.75, 3.05) is 0 Å². The molecule has 4 aliphatic carbocycles. The molecule has 0 unspecified atom stereocenters. The van der Waals surface area contributed by atoms with Crippen LogP contribution in [0.3, 0.4) is 0 Å². The fourth-order valence-electron chi connectivity index (χ4n) is 2.51. The van der Waals surface area contributed by atoms with Gasteiger partial charge in [-0.3, -0.25) is 0 Å². The minimum Gasteiger partial charge on any atom is -0.143 e. The Labute approximate surface area is 119 Å². The molecule has 18 heavy (non-hydrogen) atoms. The van der Waals surface area contributed by atoms with Gasteiger partial charge in [0.25, 0.3) is 0 Å². The second kappa shape index (κ2) is 5.02. The third-order valence-corrected chi connectivity index (χ3v) is 4.50. The van der Waals surface area contributed by atoms with Crippen LogP contribution in [0.25, 0.3) is 0 Å². The molecule has 0 heterocycles. The Kier molecular flexibility index (Phi) is 3.40. The second-order valence-electron chi connectivity index (χ2n) is 4.93. The van der Waals surface area contributed by atoms with E-state index in [0.717, 1.165) is 35.5 Å². The van der Waals surface area contributed by atoms with E-state index >= 15 is 0 Å². The average Bonchev–Trinajstić information content (AvgIpc) is 2.34. The molecule has 0 saturated heterocycles. The van der Waals surface area contributed by atoms with Gasteiger partial charge in [-0.15, -0.1) is 25.3 Å². The highest BCUT2D eigenvalue weighted by Gasteiger charge is 2.07. The molecule has 0 radical (unpaired) electrons. The van der Waals surface area contributed by atoms with Crippen LogP contribution in [-0.4, -0.2) is 0 Å². The Hall–Kier alpha value is -0.860. The summed E-state index contributed by atoms with van der Waals surface area (Å²) in [5, 5.41) is 0. The quantitative estimate of drug-likeness (QED) is 0.661. The highest BCUT2D eigenvalue weighted by molar-refractivity contribution is 7.80. The Morgan fingerprint density at radius 2 is 1.06 bits per heavy atom. The predicted molar refractivity (Wildman–Crippen MR) is 82.2 cm³/mol. The lowest BCUT2D eigenvalue weighted by atomic mass is 9.96. The summed E-state index contributed by atoms with van der Waals surface area (Å²) in [5.41, 5.74) is 5.40. The van der Waals surface area contributed by atoms with Crippen LogP contribution in [0.4, 0.5) is 0 Å². The molecule has 0 nitrogen and oxygen atoms in total. The van der Waals surface area contributed by atoms with E-state index in [2.05, 4.69) is 61.7 Å². The van der Waals surface area contributed by atoms with Crippen LogP contribution in [0.2, 0.25) is 0 Å². The van der Waals surface area contributed by atoms with Gasteiger partial charge in [-0.05, 0) is 60.1 Å². The van der Waals surface area contributed by atoms with Crippen molar-refractivity contribution in [3.8, 4) is 0 Å². The van der Waals surface area contributed by atoms with Crippen LogP contribution < -0.4 is 0 Å². The van der Waals surface area contributed by atoms with Crippen LogP contribution in [0.1, 0.15) is 22.3 Å². The first kappa shape index (κ1) is 12.2. The lowest BCUT2D eigenvalue weighted by Crippen LogP contribution is -2.00. The molecule has 2 aromatic rings. The van der Waals surface area contributed by atoms with Crippen molar-refractivity contribution in [3.63, 3.8) is 0 Å². The zero-order chi connectivity index (χ0) is 12.5. The first-order valence-corrected chi connectivity index (χ1v) is 7.23. The molecule has 92 valence electrons. The number of benzene rings is 2. The Balaban J connectivity index is 2.04. The van der Waals surface area contributed by atoms with E-state index < -0.39 is 0 Å². The van der Waals surface area contributed by atoms with Gasteiger partial charge in [0.1, 0.15) is 0 Å². The summed E-state index contributed by atoms with van der Waals surface area (Å²) in [7, 11) is 0. The van der Waals surface area contributed by atoms with Crippen molar-refractivity contribution >= 4 is 25.3 Å². The maximum atomic E-state index is 4.61. The highest BCUT2D eigenvalue weighted by atomic mass is 32.1. The van der Waals surface area contributed by atoms with Crippen molar-refractivity contribution in [1.29, 1.82) is 0 Å². The molecule has 6 rings (SSSR count). The molecule has 0 atom stereocenters. The monoisotopic (exact) mass is 272 g/mol. The Morgan fingerprint density at radius 1 is 0.611 bits per heavy atom. The highest BCUT2D eigenvalue weighted by Crippen LogP contribution is 2.24. The minimum atomic E-state index is 1.03. The SMILES string of the molecule is Sc1cc2ccc1CCc1ccc(cc1S)CC2. The second-order valence-corrected chi connectivity index (χ2v) is 5.89. The summed E-state index contributed by atoms with van der Waals surface area (Å²) in [6.07, 6.45) is 4.21. The molecule has 4 aliphatic rings. The van der Waals surface area contributed by atoms with Crippen molar-refractivity contribution in [1.82, 2.24) is 0 Å². The summed E-state index contributed by atoms with van der Waals surface area (Å²) in [4.78, 5) is 2.26. The molecule has 0 N–H and O–H groups in total. The molecule has 0 saturated carbocycles. The van der Waals surface area contributed by atoms with Gasteiger partial charge >= 0.3 is 0 Å². The first-order chi connectivity index (χ1) is 8.72. The van der Waals surface area contributed by atoms with Gasteiger partial charge in [0.05, 0.1) is 0 Å². The molecule has 0 spiro atoms. The molecule has 0 amide bonds.